The van der Waals surface area contributed by atoms with Crippen LogP contribution < -0.4 is 9.64 Å². The van der Waals surface area contributed by atoms with Crippen molar-refractivity contribution >= 4 is 16.9 Å². The van der Waals surface area contributed by atoms with Crippen molar-refractivity contribution in [3.63, 3.8) is 0 Å². The van der Waals surface area contributed by atoms with Crippen molar-refractivity contribution < 1.29 is 4.74 Å². The highest BCUT2D eigenvalue weighted by Crippen LogP contribution is 2.22. The summed E-state index contributed by atoms with van der Waals surface area (Å²) < 4.78 is 5.29. The molecule has 3 aromatic rings. The lowest BCUT2D eigenvalue weighted by molar-refractivity contribution is 0.251. The number of aromatic nitrogens is 3. The third-order valence-electron chi connectivity index (χ3n) is 5.78. The van der Waals surface area contributed by atoms with Gasteiger partial charge >= 0.3 is 0 Å². The van der Waals surface area contributed by atoms with E-state index in [0.717, 1.165) is 50.8 Å². The molecule has 29 heavy (non-hydrogen) atoms. The fraction of sp³-hybridized carbons (Fsp3) is 0.478. The third-order valence-corrected chi connectivity index (χ3v) is 5.78. The van der Waals surface area contributed by atoms with Crippen LogP contribution in [0.5, 0.6) is 5.88 Å². The van der Waals surface area contributed by atoms with Crippen molar-refractivity contribution in [2.75, 3.05) is 44.7 Å². The molecule has 0 bridgehead atoms. The molecule has 0 unspecified atom stereocenters. The SMILES string of the molecule is COc1cc(C)nc(N2CCN(CCCCc3c[nH]c4ccc(C)cc34)CC2)n1. The van der Waals surface area contributed by atoms with Crippen LogP contribution >= 0.6 is 0 Å². The molecular weight excluding hydrogens is 362 g/mol. The van der Waals surface area contributed by atoms with E-state index in [4.69, 9.17) is 4.74 Å². The molecule has 0 radical (unpaired) electrons. The predicted molar refractivity (Wildman–Crippen MR) is 118 cm³/mol. The van der Waals surface area contributed by atoms with Crippen molar-refractivity contribution in [1.82, 2.24) is 19.9 Å². The Morgan fingerprint density at radius 1 is 1.03 bits per heavy atom. The number of unbranched alkanes of at least 4 members (excludes halogenated alkanes) is 1. The molecule has 2 aromatic heterocycles. The van der Waals surface area contributed by atoms with Crippen molar-refractivity contribution in [2.45, 2.75) is 33.1 Å². The van der Waals surface area contributed by atoms with Gasteiger partial charge in [0, 0.05) is 55.0 Å². The van der Waals surface area contributed by atoms with Crippen LogP contribution in [0.2, 0.25) is 0 Å². The molecule has 6 heteroatoms. The zero-order valence-corrected chi connectivity index (χ0v) is 17.7. The van der Waals surface area contributed by atoms with Gasteiger partial charge in [-0.2, -0.15) is 4.98 Å². The number of nitrogens with zero attached hydrogens (tertiary/aromatic N) is 4. The molecule has 154 valence electrons. The second-order valence-electron chi connectivity index (χ2n) is 8.00. The van der Waals surface area contributed by atoms with Gasteiger partial charge in [0.2, 0.25) is 11.8 Å². The van der Waals surface area contributed by atoms with Crippen LogP contribution in [0.25, 0.3) is 10.9 Å². The number of fused-ring (bicyclic) bond motifs is 1. The molecule has 0 saturated carbocycles. The summed E-state index contributed by atoms with van der Waals surface area (Å²) in [4.78, 5) is 17.3. The van der Waals surface area contributed by atoms with Gasteiger partial charge < -0.3 is 14.6 Å². The zero-order valence-electron chi connectivity index (χ0n) is 17.7. The van der Waals surface area contributed by atoms with E-state index in [1.165, 1.54) is 34.9 Å². The van der Waals surface area contributed by atoms with Crippen LogP contribution in [-0.2, 0) is 6.42 Å². The molecule has 0 spiro atoms. The molecule has 0 atom stereocenters. The number of methoxy groups -OCH3 is 1. The summed E-state index contributed by atoms with van der Waals surface area (Å²) >= 11 is 0. The van der Waals surface area contributed by atoms with E-state index in [1.807, 2.05) is 13.0 Å². The highest BCUT2D eigenvalue weighted by Gasteiger charge is 2.19. The van der Waals surface area contributed by atoms with E-state index in [0.29, 0.717) is 5.88 Å². The highest BCUT2D eigenvalue weighted by atomic mass is 16.5. The maximum absolute atomic E-state index is 5.29. The molecule has 1 fully saturated rings. The summed E-state index contributed by atoms with van der Waals surface area (Å²) in [5.74, 6) is 1.43. The molecular formula is C23H31N5O. The third kappa shape index (κ3) is 4.70. The number of hydrogen-bond acceptors (Lipinski definition) is 5. The Labute approximate surface area is 172 Å². The molecule has 1 aliphatic rings. The summed E-state index contributed by atoms with van der Waals surface area (Å²) in [6, 6.07) is 8.51. The van der Waals surface area contributed by atoms with Crippen LogP contribution in [0.1, 0.15) is 29.7 Å². The van der Waals surface area contributed by atoms with Crippen molar-refractivity contribution in [3.05, 3.63) is 47.3 Å². The van der Waals surface area contributed by atoms with Crippen molar-refractivity contribution in [2.24, 2.45) is 0 Å². The number of nitrogens with one attached hydrogen (secondary N) is 1. The second kappa shape index (κ2) is 8.82. The summed E-state index contributed by atoms with van der Waals surface area (Å²) in [5.41, 5.74) is 4.96. The predicted octanol–water partition coefficient (Wildman–Crippen LogP) is 3.73. The Balaban J connectivity index is 1.23. The molecule has 0 aliphatic carbocycles. The topological polar surface area (TPSA) is 57.3 Å². The highest BCUT2D eigenvalue weighted by molar-refractivity contribution is 5.83. The van der Waals surface area contributed by atoms with Crippen LogP contribution in [0, 0.1) is 13.8 Å². The fourth-order valence-corrected chi connectivity index (χ4v) is 4.09. The Bertz CT molecular complexity index is 959. The average molecular weight is 394 g/mol. The lowest BCUT2D eigenvalue weighted by Crippen LogP contribution is -2.47. The van der Waals surface area contributed by atoms with Crippen molar-refractivity contribution in [1.29, 1.82) is 0 Å². The molecule has 4 rings (SSSR count). The first-order valence-corrected chi connectivity index (χ1v) is 10.6. The standard InChI is InChI=1S/C23H31N5O/c1-17-7-8-21-20(14-17)19(16-24-21)6-4-5-9-27-10-12-28(13-11-27)23-25-18(2)15-22(26-23)29-3/h7-8,14-16,24H,4-6,9-13H2,1-3H3. The molecule has 0 amide bonds. The van der Waals surface area contributed by atoms with E-state index in [-0.39, 0.29) is 0 Å². The smallest absolute Gasteiger partial charge is 0.228 e. The van der Waals surface area contributed by atoms with Crippen LogP contribution in [0.15, 0.2) is 30.5 Å². The van der Waals surface area contributed by atoms with Crippen molar-refractivity contribution in [3.8, 4) is 5.88 Å². The number of rotatable bonds is 7. The average Bonchev–Trinajstić information content (AvgIpc) is 3.13. The van der Waals surface area contributed by atoms with Gasteiger partial charge in [-0.05, 0) is 57.4 Å². The maximum atomic E-state index is 5.29. The Hall–Kier alpha value is -2.60. The zero-order chi connectivity index (χ0) is 20.2. The largest absolute Gasteiger partial charge is 0.481 e. The maximum Gasteiger partial charge on any atom is 0.228 e. The molecule has 6 nitrogen and oxygen atoms in total. The first-order valence-electron chi connectivity index (χ1n) is 10.6. The van der Waals surface area contributed by atoms with Crippen LogP contribution in [0.4, 0.5) is 5.95 Å². The Kier molecular flexibility index (Phi) is 6.00. The number of anilines is 1. The number of hydrogen-bond donors (Lipinski definition) is 1. The Morgan fingerprint density at radius 2 is 1.86 bits per heavy atom. The number of aromatic amines is 1. The second-order valence-corrected chi connectivity index (χ2v) is 8.00. The Morgan fingerprint density at radius 3 is 2.66 bits per heavy atom. The molecule has 1 saturated heterocycles. The normalized spacial score (nSPS) is 15.2. The minimum Gasteiger partial charge on any atom is -0.481 e. The fourth-order valence-electron chi connectivity index (χ4n) is 4.09. The first-order chi connectivity index (χ1) is 14.1. The van der Waals surface area contributed by atoms with Gasteiger partial charge in [-0.15, -0.1) is 0 Å². The van der Waals surface area contributed by atoms with Gasteiger partial charge in [-0.3, -0.25) is 4.90 Å². The molecule has 1 aromatic carbocycles. The van der Waals surface area contributed by atoms with Gasteiger partial charge in [-0.25, -0.2) is 4.98 Å². The van der Waals surface area contributed by atoms with Gasteiger partial charge in [0.15, 0.2) is 0 Å². The van der Waals surface area contributed by atoms with Gasteiger partial charge in [0.05, 0.1) is 7.11 Å². The van der Waals surface area contributed by atoms with E-state index in [2.05, 4.69) is 56.1 Å². The molecule has 3 heterocycles. The van der Waals surface area contributed by atoms with E-state index in [9.17, 15) is 0 Å². The molecule has 1 aliphatic heterocycles. The lowest BCUT2D eigenvalue weighted by Gasteiger charge is -2.34. The summed E-state index contributed by atoms with van der Waals surface area (Å²) in [6.07, 6.45) is 5.77. The van der Waals surface area contributed by atoms with Gasteiger partial charge in [-0.1, -0.05) is 11.6 Å². The minimum absolute atomic E-state index is 0.641. The first kappa shape index (κ1) is 19.7. The van der Waals surface area contributed by atoms with E-state index in [1.54, 1.807) is 7.11 Å². The number of piperazine rings is 1. The number of H-pyrrole nitrogens is 1. The number of ether oxygens (including phenoxy) is 1. The van der Waals surface area contributed by atoms with Crippen LogP contribution in [0.3, 0.4) is 0 Å². The minimum atomic E-state index is 0.641. The number of aryl methyl sites for hydroxylation is 3. The summed E-state index contributed by atoms with van der Waals surface area (Å²) in [7, 11) is 1.65. The van der Waals surface area contributed by atoms with Gasteiger partial charge in [0.25, 0.3) is 0 Å². The quantitative estimate of drug-likeness (QED) is 0.620. The van der Waals surface area contributed by atoms with Gasteiger partial charge in [0.1, 0.15) is 0 Å². The summed E-state index contributed by atoms with van der Waals surface area (Å²) in [6.45, 7) is 9.36. The van der Waals surface area contributed by atoms with E-state index >= 15 is 0 Å². The monoisotopic (exact) mass is 393 g/mol. The number of benzene rings is 1. The lowest BCUT2D eigenvalue weighted by atomic mass is 10.1. The van der Waals surface area contributed by atoms with Crippen LogP contribution in [-0.4, -0.2) is 59.7 Å². The molecule has 1 N–H and O–H groups in total. The summed E-state index contributed by atoms with van der Waals surface area (Å²) in [5, 5.41) is 1.38. The van der Waals surface area contributed by atoms with E-state index < -0.39 is 0 Å².